The lowest BCUT2D eigenvalue weighted by Gasteiger charge is -2.13. The van der Waals surface area contributed by atoms with Crippen LogP contribution in [0.2, 0.25) is 0 Å². The number of hydrogen-bond acceptors (Lipinski definition) is 4. The SMILES string of the molecule is COCC(C)CNc1nc(C)cnc1C. The van der Waals surface area contributed by atoms with Crippen LogP contribution >= 0.6 is 0 Å². The summed E-state index contributed by atoms with van der Waals surface area (Å²) in [7, 11) is 1.72. The van der Waals surface area contributed by atoms with E-state index in [2.05, 4.69) is 22.2 Å². The predicted molar refractivity (Wildman–Crippen MR) is 61.0 cm³/mol. The molecule has 0 fully saturated rings. The van der Waals surface area contributed by atoms with Crippen LogP contribution in [0.3, 0.4) is 0 Å². The Labute approximate surface area is 91.1 Å². The Kier molecular flexibility index (Phi) is 4.49. The van der Waals surface area contributed by atoms with E-state index in [0.29, 0.717) is 5.92 Å². The van der Waals surface area contributed by atoms with Crippen LogP contribution in [0.4, 0.5) is 5.82 Å². The second-order valence-electron chi connectivity index (χ2n) is 3.89. The summed E-state index contributed by atoms with van der Waals surface area (Å²) in [6.45, 7) is 7.64. The van der Waals surface area contributed by atoms with Gasteiger partial charge in [-0.15, -0.1) is 0 Å². The van der Waals surface area contributed by atoms with E-state index in [-0.39, 0.29) is 0 Å². The van der Waals surface area contributed by atoms with E-state index in [9.17, 15) is 0 Å². The van der Waals surface area contributed by atoms with Crippen LogP contribution in [0, 0.1) is 19.8 Å². The Morgan fingerprint density at radius 3 is 2.87 bits per heavy atom. The molecule has 0 amide bonds. The van der Waals surface area contributed by atoms with E-state index >= 15 is 0 Å². The second kappa shape index (κ2) is 5.66. The molecule has 1 aromatic heterocycles. The number of aryl methyl sites for hydroxylation is 2. The number of nitrogens with zero attached hydrogens (tertiary/aromatic N) is 2. The van der Waals surface area contributed by atoms with Crippen LogP contribution in [0.25, 0.3) is 0 Å². The van der Waals surface area contributed by atoms with E-state index in [1.165, 1.54) is 0 Å². The Bertz CT molecular complexity index is 315. The molecule has 1 heterocycles. The highest BCUT2D eigenvalue weighted by atomic mass is 16.5. The van der Waals surface area contributed by atoms with Crippen molar-refractivity contribution in [2.45, 2.75) is 20.8 Å². The normalized spacial score (nSPS) is 12.5. The zero-order valence-corrected chi connectivity index (χ0v) is 9.87. The molecule has 1 N–H and O–H groups in total. The van der Waals surface area contributed by atoms with Gasteiger partial charge in [-0.2, -0.15) is 0 Å². The molecule has 4 heteroatoms. The van der Waals surface area contributed by atoms with Gasteiger partial charge in [0.25, 0.3) is 0 Å². The van der Waals surface area contributed by atoms with Crippen LogP contribution in [0.1, 0.15) is 18.3 Å². The van der Waals surface area contributed by atoms with Gasteiger partial charge in [0.2, 0.25) is 0 Å². The molecule has 0 bridgehead atoms. The van der Waals surface area contributed by atoms with Crippen molar-refractivity contribution in [3.63, 3.8) is 0 Å². The highest BCUT2D eigenvalue weighted by Crippen LogP contribution is 2.09. The lowest BCUT2D eigenvalue weighted by Crippen LogP contribution is -2.17. The zero-order valence-electron chi connectivity index (χ0n) is 9.87. The van der Waals surface area contributed by atoms with Crippen LogP contribution in [-0.4, -0.2) is 30.2 Å². The molecule has 15 heavy (non-hydrogen) atoms. The maximum atomic E-state index is 5.07. The first-order valence-electron chi connectivity index (χ1n) is 5.16. The fraction of sp³-hybridized carbons (Fsp3) is 0.636. The number of ether oxygens (including phenoxy) is 1. The van der Waals surface area contributed by atoms with E-state index in [0.717, 1.165) is 30.4 Å². The first-order chi connectivity index (χ1) is 7.13. The molecule has 4 nitrogen and oxygen atoms in total. The lowest BCUT2D eigenvalue weighted by atomic mass is 10.2. The predicted octanol–water partition coefficient (Wildman–Crippen LogP) is 1.79. The van der Waals surface area contributed by atoms with Crippen LogP contribution in [0.15, 0.2) is 6.20 Å². The molecule has 0 saturated heterocycles. The van der Waals surface area contributed by atoms with Crippen molar-refractivity contribution in [1.29, 1.82) is 0 Å². The third kappa shape index (κ3) is 3.83. The maximum absolute atomic E-state index is 5.07. The monoisotopic (exact) mass is 209 g/mol. The quantitative estimate of drug-likeness (QED) is 0.803. The van der Waals surface area contributed by atoms with Crippen molar-refractivity contribution in [2.75, 3.05) is 25.6 Å². The van der Waals surface area contributed by atoms with Crippen molar-refractivity contribution >= 4 is 5.82 Å². The Morgan fingerprint density at radius 1 is 1.47 bits per heavy atom. The largest absolute Gasteiger partial charge is 0.384 e. The highest BCUT2D eigenvalue weighted by molar-refractivity contribution is 5.39. The van der Waals surface area contributed by atoms with E-state index in [1.54, 1.807) is 13.3 Å². The summed E-state index contributed by atoms with van der Waals surface area (Å²) in [5.41, 5.74) is 1.87. The third-order valence-electron chi connectivity index (χ3n) is 2.15. The van der Waals surface area contributed by atoms with Gasteiger partial charge in [-0.1, -0.05) is 6.92 Å². The van der Waals surface area contributed by atoms with Gasteiger partial charge in [0.05, 0.1) is 18.0 Å². The third-order valence-corrected chi connectivity index (χ3v) is 2.15. The average molecular weight is 209 g/mol. The first-order valence-corrected chi connectivity index (χ1v) is 5.16. The Hall–Kier alpha value is -1.16. The fourth-order valence-electron chi connectivity index (χ4n) is 1.32. The molecule has 0 aromatic carbocycles. The number of aromatic nitrogens is 2. The number of nitrogens with one attached hydrogen (secondary N) is 1. The topological polar surface area (TPSA) is 47.0 Å². The molecule has 0 spiro atoms. The van der Waals surface area contributed by atoms with Crippen LogP contribution in [0.5, 0.6) is 0 Å². The lowest BCUT2D eigenvalue weighted by molar-refractivity contribution is 0.164. The number of hydrogen-bond donors (Lipinski definition) is 1. The Balaban J connectivity index is 2.53. The molecule has 0 aliphatic carbocycles. The summed E-state index contributed by atoms with van der Waals surface area (Å²) in [5.74, 6) is 1.34. The molecule has 0 aliphatic heterocycles. The molecule has 0 saturated carbocycles. The molecule has 1 unspecified atom stereocenters. The van der Waals surface area contributed by atoms with Gasteiger partial charge in [0.15, 0.2) is 0 Å². The smallest absolute Gasteiger partial charge is 0.147 e. The summed E-state index contributed by atoms with van der Waals surface area (Å²) in [4.78, 5) is 8.64. The minimum Gasteiger partial charge on any atom is -0.384 e. The van der Waals surface area contributed by atoms with Crippen molar-refractivity contribution in [2.24, 2.45) is 5.92 Å². The van der Waals surface area contributed by atoms with Crippen molar-refractivity contribution in [3.05, 3.63) is 17.6 Å². The minimum atomic E-state index is 0.469. The standard InChI is InChI=1S/C11H19N3O/c1-8(7-15-4)5-13-11-10(3)12-6-9(2)14-11/h6,8H,5,7H2,1-4H3,(H,13,14). The molecule has 1 aromatic rings. The van der Waals surface area contributed by atoms with E-state index in [4.69, 9.17) is 4.74 Å². The highest BCUT2D eigenvalue weighted by Gasteiger charge is 2.04. The number of methoxy groups -OCH3 is 1. The van der Waals surface area contributed by atoms with E-state index < -0.39 is 0 Å². The number of rotatable bonds is 5. The molecule has 1 rings (SSSR count). The van der Waals surface area contributed by atoms with Crippen molar-refractivity contribution in [3.8, 4) is 0 Å². The van der Waals surface area contributed by atoms with Gasteiger partial charge in [-0.05, 0) is 19.8 Å². The van der Waals surface area contributed by atoms with Gasteiger partial charge in [-0.25, -0.2) is 4.98 Å². The summed E-state index contributed by atoms with van der Waals surface area (Å²) in [5, 5.41) is 3.28. The Morgan fingerprint density at radius 2 is 2.20 bits per heavy atom. The summed E-state index contributed by atoms with van der Waals surface area (Å²) in [6, 6.07) is 0. The van der Waals surface area contributed by atoms with E-state index in [1.807, 2.05) is 13.8 Å². The van der Waals surface area contributed by atoms with Crippen LogP contribution < -0.4 is 5.32 Å². The molecule has 0 radical (unpaired) electrons. The fourth-order valence-corrected chi connectivity index (χ4v) is 1.32. The summed E-state index contributed by atoms with van der Waals surface area (Å²) >= 11 is 0. The van der Waals surface area contributed by atoms with Gasteiger partial charge in [0, 0.05) is 19.9 Å². The van der Waals surface area contributed by atoms with Crippen molar-refractivity contribution < 1.29 is 4.74 Å². The van der Waals surface area contributed by atoms with Crippen molar-refractivity contribution in [1.82, 2.24) is 9.97 Å². The van der Waals surface area contributed by atoms with Gasteiger partial charge in [-0.3, -0.25) is 4.98 Å². The summed E-state index contributed by atoms with van der Waals surface area (Å²) < 4.78 is 5.07. The second-order valence-corrected chi connectivity index (χ2v) is 3.89. The van der Waals surface area contributed by atoms with Crippen LogP contribution in [-0.2, 0) is 4.74 Å². The minimum absolute atomic E-state index is 0.469. The first kappa shape index (κ1) is 11.9. The van der Waals surface area contributed by atoms with Gasteiger partial charge < -0.3 is 10.1 Å². The molecular weight excluding hydrogens is 190 g/mol. The zero-order chi connectivity index (χ0) is 11.3. The summed E-state index contributed by atoms with van der Waals surface area (Å²) in [6.07, 6.45) is 1.78. The molecule has 84 valence electrons. The van der Waals surface area contributed by atoms with Gasteiger partial charge >= 0.3 is 0 Å². The maximum Gasteiger partial charge on any atom is 0.147 e. The molecular formula is C11H19N3O. The molecule has 1 atom stereocenters. The molecule has 0 aliphatic rings. The van der Waals surface area contributed by atoms with Gasteiger partial charge in [0.1, 0.15) is 5.82 Å². The number of anilines is 1. The average Bonchev–Trinajstić information content (AvgIpc) is 2.20.